The lowest BCUT2D eigenvalue weighted by Crippen LogP contribution is -2.42. The van der Waals surface area contributed by atoms with Gasteiger partial charge in [0, 0.05) is 22.8 Å². The van der Waals surface area contributed by atoms with Crippen molar-refractivity contribution in [2.24, 2.45) is 0 Å². The monoisotopic (exact) mass is 373 g/mol. The third-order valence-electron chi connectivity index (χ3n) is 2.68. The molecule has 0 unspecified atom stereocenters. The largest absolute Gasteiger partial charge is 0.480 e. The standard InChI is InChI=1S/C12H12BrN3O4S/c13-8-2-1-3-10(4-8)21(19,20)16-11(12(17)18)5-9-6-14-7-15-9/h1-4,6-7,11,16H,5H2,(H,14,15)(H,17,18)/t11-/m1/s1. The van der Waals surface area contributed by atoms with E-state index in [2.05, 4.69) is 30.6 Å². The van der Waals surface area contributed by atoms with Gasteiger partial charge in [-0.15, -0.1) is 0 Å². The van der Waals surface area contributed by atoms with Crippen molar-refractivity contribution >= 4 is 31.9 Å². The predicted octanol–water partition coefficient (Wildman–Crippen LogP) is 1.15. The maximum absolute atomic E-state index is 12.2. The molecule has 7 nitrogen and oxygen atoms in total. The lowest BCUT2D eigenvalue weighted by Gasteiger charge is -2.14. The van der Waals surface area contributed by atoms with Gasteiger partial charge in [0.15, 0.2) is 0 Å². The molecule has 1 aromatic carbocycles. The molecule has 3 N–H and O–H groups in total. The molecule has 1 heterocycles. The smallest absolute Gasteiger partial charge is 0.322 e. The van der Waals surface area contributed by atoms with E-state index in [1.807, 2.05) is 0 Å². The number of aromatic amines is 1. The van der Waals surface area contributed by atoms with E-state index in [4.69, 9.17) is 5.11 Å². The maximum Gasteiger partial charge on any atom is 0.322 e. The third-order valence-corrected chi connectivity index (χ3v) is 4.64. The number of aromatic nitrogens is 2. The second kappa shape index (κ2) is 6.37. The molecule has 9 heteroatoms. The molecule has 0 aliphatic rings. The highest BCUT2D eigenvalue weighted by Gasteiger charge is 2.26. The first-order valence-corrected chi connectivity index (χ1v) is 8.14. The molecule has 2 aromatic rings. The number of rotatable bonds is 6. The van der Waals surface area contributed by atoms with E-state index in [0.717, 1.165) is 0 Å². The van der Waals surface area contributed by atoms with Crippen LogP contribution in [-0.2, 0) is 21.2 Å². The van der Waals surface area contributed by atoms with E-state index in [-0.39, 0.29) is 11.3 Å². The van der Waals surface area contributed by atoms with Crippen molar-refractivity contribution in [3.05, 3.63) is 47.0 Å². The number of halogens is 1. The number of carboxylic acids is 1. The predicted molar refractivity (Wildman–Crippen MR) is 78.2 cm³/mol. The van der Waals surface area contributed by atoms with Crippen LogP contribution in [0.5, 0.6) is 0 Å². The number of nitrogens with zero attached hydrogens (tertiary/aromatic N) is 1. The van der Waals surface area contributed by atoms with Crippen LogP contribution in [-0.4, -0.2) is 35.5 Å². The van der Waals surface area contributed by atoms with E-state index < -0.39 is 22.0 Å². The van der Waals surface area contributed by atoms with Gasteiger partial charge in [-0.2, -0.15) is 4.72 Å². The summed E-state index contributed by atoms with van der Waals surface area (Å²) in [5.41, 5.74) is 0.527. The molecule has 0 aliphatic heterocycles. The van der Waals surface area contributed by atoms with E-state index in [1.54, 1.807) is 12.1 Å². The first kappa shape index (κ1) is 15.7. The number of aliphatic carboxylic acids is 1. The van der Waals surface area contributed by atoms with Crippen LogP contribution in [0.1, 0.15) is 5.69 Å². The summed E-state index contributed by atoms with van der Waals surface area (Å²) in [7, 11) is -3.93. The minimum Gasteiger partial charge on any atom is -0.480 e. The Morgan fingerprint density at radius 3 is 2.81 bits per heavy atom. The lowest BCUT2D eigenvalue weighted by molar-refractivity contribution is -0.138. The number of benzene rings is 1. The number of carboxylic acid groups (broad SMARTS) is 1. The first-order chi connectivity index (χ1) is 9.88. The van der Waals surface area contributed by atoms with Crippen LogP contribution in [0.15, 0.2) is 46.2 Å². The quantitative estimate of drug-likeness (QED) is 0.702. The molecule has 21 heavy (non-hydrogen) atoms. The number of nitrogens with one attached hydrogen (secondary N) is 2. The summed E-state index contributed by atoms with van der Waals surface area (Å²) in [5, 5.41) is 9.17. The molecule has 0 amide bonds. The van der Waals surface area contributed by atoms with Gasteiger partial charge in [-0.05, 0) is 18.2 Å². The van der Waals surface area contributed by atoms with Gasteiger partial charge in [0.05, 0.1) is 11.2 Å². The average molecular weight is 374 g/mol. The molecule has 0 bridgehead atoms. The van der Waals surface area contributed by atoms with Gasteiger partial charge < -0.3 is 10.1 Å². The summed E-state index contributed by atoms with van der Waals surface area (Å²) in [4.78, 5) is 17.7. The summed E-state index contributed by atoms with van der Waals surface area (Å²) in [6, 6.07) is 4.75. The summed E-state index contributed by atoms with van der Waals surface area (Å²) >= 11 is 3.18. The maximum atomic E-state index is 12.2. The molecule has 1 atom stereocenters. The summed E-state index contributed by atoms with van der Waals surface area (Å²) in [6.45, 7) is 0. The van der Waals surface area contributed by atoms with Crippen molar-refractivity contribution in [3.63, 3.8) is 0 Å². The fourth-order valence-corrected chi connectivity index (χ4v) is 3.47. The van der Waals surface area contributed by atoms with Crippen LogP contribution in [0.4, 0.5) is 0 Å². The number of sulfonamides is 1. The molecule has 1 aromatic heterocycles. The van der Waals surface area contributed by atoms with Crippen LogP contribution in [0.25, 0.3) is 0 Å². The van der Waals surface area contributed by atoms with Crippen LogP contribution in [0.2, 0.25) is 0 Å². The normalized spacial score (nSPS) is 13.0. The zero-order chi connectivity index (χ0) is 15.5. The third kappa shape index (κ3) is 4.13. The van der Waals surface area contributed by atoms with Crippen molar-refractivity contribution in [1.82, 2.24) is 14.7 Å². The first-order valence-electron chi connectivity index (χ1n) is 5.86. The second-order valence-corrected chi connectivity index (χ2v) is 6.88. The molecule has 0 spiro atoms. The molecular weight excluding hydrogens is 362 g/mol. The zero-order valence-electron chi connectivity index (χ0n) is 10.7. The molecule has 2 rings (SSSR count). The van der Waals surface area contributed by atoms with Gasteiger partial charge in [-0.25, -0.2) is 13.4 Å². The average Bonchev–Trinajstić information content (AvgIpc) is 2.90. The molecular formula is C12H12BrN3O4S. The summed E-state index contributed by atoms with van der Waals surface area (Å²) in [6.07, 6.45) is 2.82. The summed E-state index contributed by atoms with van der Waals surface area (Å²) in [5.74, 6) is -1.26. The second-order valence-electron chi connectivity index (χ2n) is 4.25. The van der Waals surface area contributed by atoms with Crippen LogP contribution in [0, 0.1) is 0 Å². The minimum atomic E-state index is -3.93. The Balaban J connectivity index is 2.21. The number of hydrogen-bond acceptors (Lipinski definition) is 4. The Hall–Kier alpha value is -1.71. The molecule has 0 saturated carbocycles. The molecule has 112 valence electrons. The highest BCUT2D eigenvalue weighted by Crippen LogP contribution is 2.16. The highest BCUT2D eigenvalue weighted by molar-refractivity contribution is 9.10. The van der Waals surface area contributed by atoms with E-state index >= 15 is 0 Å². The Labute approximate surface area is 129 Å². The van der Waals surface area contributed by atoms with Crippen molar-refractivity contribution in [3.8, 4) is 0 Å². The van der Waals surface area contributed by atoms with E-state index in [9.17, 15) is 13.2 Å². The van der Waals surface area contributed by atoms with Crippen molar-refractivity contribution in [2.75, 3.05) is 0 Å². The van der Waals surface area contributed by atoms with Gasteiger partial charge in [0.2, 0.25) is 10.0 Å². The minimum absolute atomic E-state index is 0.00673. The highest BCUT2D eigenvalue weighted by atomic mass is 79.9. The number of H-pyrrole nitrogens is 1. The fourth-order valence-electron chi connectivity index (χ4n) is 1.69. The summed E-state index contributed by atoms with van der Waals surface area (Å²) < 4.78 is 27.2. The van der Waals surface area contributed by atoms with E-state index in [0.29, 0.717) is 10.2 Å². The van der Waals surface area contributed by atoms with Gasteiger partial charge >= 0.3 is 5.97 Å². The number of imidazole rings is 1. The Morgan fingerprint density at radius 2 is 2.24 bits per heavy atom. The molecule has 0 saturated heterocycles. The van der Waals surface area contributed by atoms with Crippen LogP contribution < -0.4 is 4.72 Å². The Morgan fingerprint density at radius 1 is 1.48 bits per heavy atom. The van der Waals surface area contributed by atoms with Crippen LogP contribution in [0.3, 0.4) is 0 Å². The van der Waals surface area contributed by atoms with Gasteiger partial charge in [-0.3, -0.25) is 4.79 Å². The van der Waals surface area contributed by atoms with Crippen molar-refractivity contribution in [2.45, 2.75) is 17.4 Å². The van der Waals surface area contributed by atoms with Gasteiger partial charge in [0.1, 0.15) is 6.04 Å². The van der Waals surface area contributed by atoms with Crippen molar-refractivity contribution in [1.29, 1.82) is 0 Å². The zero-order valence-corrected chi connectivity index (χ0v) is 13.1. The topological polar surface area (TPSA) is 112 Å². The Kier molecular flexibility index (Phi) is 4.76. The molecule has 0 aliphatic carbocycles. The van der Waals surface area contributed by atoms with Gasteiger partial charge in [-0.1, -0.05) is 22.0 Å². The number of hydrogen-bond donors (Lipinski definition) is 3. The van der Waals surface area contributed by atoms with Crippen LogP contribution >= 0.6 is 15.9 Å². The molecule has 0 radical (unpaired) electrons. The SMILES string of the molecule is O=C(O)[C@@H](Cc1cnc[nH]1)NS(=O)(=O)c1cccc(Br)c1. The lowest BCUT2D eigenvalue weighted by atomic mass is 10.2. The number of carbonyl (C=O) groups is 1. The van der Waals surface area contributed by atoms with E-state index in [1.165, 1.54) is 24.7 Å². The van der Waals surface area contributed by atoms with Gasteiger partial charge in [0.25, 0.3) is 0 Å². The molecule has 0 fully saturated rings. The fraction of sp³-hybridized carbons (Fsp3) is 0.167. The Bertz CT molecular complexity index is 731. The van der Waals surface area contributed by atoms with Crippen molar-refractivity contribution < 1.29 is 18.3 Å².